The van der Waals surface area contributed by atoms with Gasteiger partial charge < -0.3 is 4.90 Å². The summed E-state index contributed by atoms with van der Waals surface area (Å²) in [5.41, 5.74) is 1.50. The summed E-state index contributed by atoms with van der Waals surface area (Å²) in [5.74, 6) is -0.0115. The second-order valence-corrected chi connectivity index (χ2v) is 5.03. The zero-order valence-electron chi connectivity index (χ0n) is 11.0. The molecule has 0 saturated carbocycles. The van der Waals surface area contributed by atoms with Crippen LogP contribution in [0.25, 0.3) is 0 Å². The van der Waals surface area contributed by atoms with Crippen LogP contribution in [-0.4, -0.2) is 22.9 Å². The SMILES string of the molecule is C=CCN(c1ccc(C(C)=O)nc1)C(C)(C)C. The van der Waals surface area contributed by atoms with Gasteiger partial charge in [-0.15, -0.1) is 6.58 Å². The predicted molar refractivity (Wildman–Crippen MR) is 71.5 cm³/mol. The Balaban J connectivity index is 3.03. The molecule has 1 rings (SSSR count). The first kappa shape index (κ1) is 13.4. The van der Waals surface area contributed by atoms with Crippen LogP contribution in [0.2, 0.25) is 0 Å². The van der Waals surface area contributed by atoms with E-state index in [-0.39, 0.29) is 11.3 Å². The summed E-state index contributed by atoms with van der Waals surface area (Å²) in [4.78, 5) is 17.5. The van der Waals surface area contributed by atoms with Crippen LogP contribution in [-0.2, 0) is 0 Å². The van der Waals surface area contributed by atoms with Gasteiger partial charge in [0.1, 0.15) is 5.69 Å². The number of Topliss-reactive ketones (excluding diaryl/α,β-unsaturated/α-hetero) is 1. The smallest absolute Gasteiger partial charge is 0.178 e. The first-order valence-corrected chi connectivity index (χ1v) is 5.72. The monoisotopic (exact) mass is 232 g/mol. The van der Waals surface area contributed by atoms with E-state index in [1.54, 1.807) is 12.3 Å². The largest absolute Gasteiger partial charge is 0.362 e. The molecule has 0 fully saturated rings. The molecule has 1 aromatic rings. The quantitative estimate of drug-likeness (QED) is 0.591. The number of hydrogen-bond donors (Lipinski definition) is 0. The van der Waals surface area contributed by atoms with Gasteiger partial charge in [0.15, 0.2) is 5.78 Å². The Bertz CT molecular complexity index is 401. The van der Waals surface area contributed by atoms with Crippen LogP contribution in [0.1, 0.15) is 38.2 Å². The lowest BCUT2D eigenvalue weighted by molar-refractivity contribution is 0.101. The van der Waals surface area contributed by atoms with Crippen molar-refractivity contribution < 1.29 is 4.79 Å². The van der Waals surface area contributed by atoms with Crippen molar-refractivity contribution in [2.75, 3.05) is 11.4 Å². The topological polar surface area (TPSA) is 33.2 Å². The molecule has 3 heteroatoms. The molecule has 0 aliphatic heterocycles. The van der Waals surface area contributed by atoms with Gasteiger partial charge in [-0.3, -0.25) is 9.78 Å². The molecule has 0 unspecified atom stereocenters. The molecule has 0 aliphatic carbocycles. The lowest BCUT2D eigenvalue weighted by Crippen LogP contribution is -2.41. The van der Waals surface area contributed by atoms with Gasteiger partial charge in [0.05, 0.1) is 11.9 Å². The third kappa shape index (κ3) is 3.41. The molecule has 1 aromatic heterocycles. The molecule has 0 saturated heterocycles. The van der Waals surface area contributed by atoms with Crippen LogP contribution in [0, 0.1) is 0 Å². The molecule has 0 bridgehead atoms. The number of nitrogens with zero attached hydrogens (tertiary/aromatic N) is 2. The maximum Gasteiger partial charge on any atom is 0.178 e. The van der Waals surface area contributed by atoms with E-state index in [0.717, 1.165) is 12.2 Å². The third-order valence-corrected chi connectivity index (χ3v) is 2.54. The van der Waals surface area contributed by atoms with E-state index in [1.165, 1.54) is 6.92 Å². The van der Waals surface area contributed by atoms with Crippen molar-refractivity contribution in [3.8, 4) is 0 Å². The Hall–Kier alpha value is -1.64. The first-order valence-electron chi connectivity index (χ1n) is 5.72. The number of rotatable bonds is 4. The average molecular weight is 232 g/mol. The van der Waals surface area contributed by atoms with E-state index in [9.17, 15) is 4.79 Å². The van der Waals surface area contributed by atoms with Gasteiger partial charge in [0.25, 0.3) is 0 Å². The molecule has 0 aromatic carbocycles. The summed E-state index contributed by atoms with van der Waals surface area (Å²) in [6.45, 7) is 12.4. The molecule has 0 spiro atoms. The lowest BCUT2D eigenvalue weighted by atomic mass is 10.1. The van der Waals surface area contributed by atoms with Gasteiger partial charge in [-0.2, -0.15) is 0 Å². The summed E-state index contributed by atoms with van der Waals surface area (Å²) >= 11 is 0. The van der Waals surface area contributed by atoms with Crippen LogP contribution in [0.4, 0.5) is 5.69 Å². The second-order valence-electron chi connectivity index (χ2n) is 5.03. The minimum atomic E-state index is -0.0115. The summed E-state index contributed by atoms with van der Waals surface area (Å²) in [6, 6.07) is 3.69. The number of hydrogen-bond acceptors (Lipinski definition) is 3. The summed E-state index contributed by atoms with van der Waals surface area (Å²) in [6.07, 6.45) is 3.61. The zero-order chi connectivity index (χ0) is 13.1. The molecule has 1 heterocycles. The van der Waals surface area contributed by atoms with E-state index in [0.29, 0.717) is 5.69 Å². The summed E-state index contributed by atoms with van der Waals surface area (Å²) < 4.78 is 0. The van der Waals surface area contributed by atoms with Crippen LogP contribution in [0.5, 0.6) is 0 Å². The highest BCUT2D eigenvalue weighted by Gasteiger charge is 2.20. The van der Waals surface area contributed by atoms with Gasteiger partial charge in [0, 0.05) is 19.0 Å². The van der Waals surface area contributed by atoms with E-state index in [2.05, 4.69) is 37.2 Å². The van der Waals surface area contributed by atoms with Gasteiger partial charge in [-0.25, -0.2) is 0 Å². The first-order chi connectivity index (χ1) is 7.86. The van der Waals surface area contributed by atoms with Gasteiger partial charge in [-0.05, 0) is 32.9 Å². The fourth-order valence-electron chi connectivity index (χ4n) is 1.65. The van der Waals surface area contributed by atoms with Crippen LogP contribution in [0.15, 0.2) is 31.0 Å². The maximum atomic E-state index is 11.2. The average Bonchev–Trinajstić information content (AvgIpc) is 2.24. The normalized spacial score (nSPS) is 11.1. The molecule has 0 amide bonds. The van der Waals surface area contributed by atoms with Gasteiger partial charge >= 0.3 is 0 Å². The molecule has 0 atom stereocenters. The van der Waals surface area contributed by atoms with Crippen molar-refractivity contribution in [3.63, 3.8) is 0 Å². The molecule has 92 valence electrons. The Morgan fingerprint density at radius 1 is 1.47 bits per heavy atom. The molecular formula is C14H20N2O. The van der Waals surface area contributed by atoms with Crippen LogP contribution < -0.4 is 4.90 Å². The highest BCUT2D eigenvalue weighted by Crippen LogP contribution is 2.22. The van der Waals surface area contributed by atoms with Gasteiger partial charge in [-0.1, -0.05) is 6.08 Å². The minimum absolute atomic E-state index is 0.00634. The third-order valence-electron chi connectivity index (χ3n) is 2.54. The predicted octanol–water partition coefficient (Wildman–Crippen LogP) is 3.08. The molecule has 17 heavy (non-hydrogen) atoms. The van der Waals surface area contributed by atoms with Crippen molar-refractivity contribution in [2.24, 2.45) is 0 Å². The molecular weight excluding hydrogens is 212 g/mol. The van der Waals surface area contributed by atoms with E-state index >= 15 is 0 Å². The van der Waals surface area contributed by atoms with E-state index in [4.69, 9.17) is 0 Å². The Morgan fingerprint density at radius 3 is 2.47 bits per heavy atom. The van der Waals surface area contributed by atoms with Crippen LogP contribution >= 0.6 is 0 Å². The number of carbonyl (C=O) groups is 1. The fourth-order valence-corrected chi connectivity index (χ4v) is 1.65. The second kappa shape index (κ2) is 5.13. The van der Waals surface area contributed by atoms with E-state index in [1.807, 2.05) is 12.1 Å². The number of anilines is 1. The lowest BCUT2D eigenvalue weighted by Gasteiger charge is -2.36. The van der Waals surface area contributed by atoms with Crippen molar-refractivity contribution in [1.29, 1.82) is 0 Å². The summed E-state index contributed by atoms with van der Waals surface area (Å²) in [7, 11) is 0. The molecule has 0 aliphatic rings. The Kier molecular flexibility index (Phi) is 4.05. The van der Waals surface area contributed by atoms with Crippen molar-refractivity contribution >= 4 is 11.5 Å². The Labute approximate surface area is 103 Å². The van der Waals surface area contributed by atoms with Crippen molar-refractivity contribution in [1.82, 2.24) is 4.98 Å². The molecule has 0 N–H and O–H groups in total. The van der Waals surface area contributed by atoms with E-state index < -0.39 is 0 Å². The molecule has 0 radical (unpaired) electrons. The maximum absolute atomic E-state index is 11.2. The van der Waals surface area contributed by atoms with Crippen molar-refractivity contribution in [3.05, 3.63) is 36.7 Å². The zero-order valence-corrected chi connectivity index (χ0v) is 11.0. The summed E-state index contributed by atoms with van der Waals surface area (Å²) in [5, 5.41) is 0. The minimum Gasteiger partial charge on any atom is -0.362 e. The highest BCUT2D eigenvalue weighted by molar-refractivity contribution is 5.92. The Morgan fingerprint density at radius 2 is 2.12 bits per heavy atom. The highest BCUT2D eigenvalue weighted by atomic mass is 16.1. The number of carbonyl (C=O) groups excluding carboxylic acids is 1. The fraction of sp³-hybridized carbons (Fsp3) is 0.429. The van der Waals surface area contributed by atoms with Crippen molar-refractivity contribution in [2.45, 2.75) is 33.2 Å². The number of pyridine rings is 1. The standard InChI is InChI=1S/C14H20N2O/c1-6-9-16(14(3,4)5)12-7-8-13(11(2)17)15-10-12/h6-8,10H,1,9H2,2-5H3. The van der Waals surface area contributed by atoms with Crippen LogP contribution in [0.3, 0.4) is 0 Å². The van der Waals surface area contributed by atoms with Gasteiger partial charge in [0.2, 0.25) is 0 Å². The molecule has 3 nitrogen and oxygen atoms in total. The number of aromatic nitrogens is 1. The number of ketones is 1.